The quantitative estimate of drug-likeness (QED) is 0.767. The molecule has 1 fully saturated rings. The van der Waals surface area contributed by atoms with Gasteiger partial charge in [0.05, 0.1) is 6.04 Å². The Labute approximate surface area is 139 Å². The summed E-state index contributed by atoms with van der Waals surface area (Å²) in [6.45, 7) is 1.18. The van der Waals surface area contributed by atoms with Gasteiger partial charge in [-0.1, -0.05) is 30.3 Å². The summed E-state index contributed by atoms with van der Waals surface area (Å²) >= 11 is 0. The number of carbonyl (C=O) groups excluding carboxylic acids is 2. The number of alkyl carbamates (subject to hydrolysis) is 2. The molecule has 2 aliphatic rings. The lowest BCUT2D eigenvalue weighted by Crippen LogP contribution is -2.50. The van der Waals surface area contributed by atoms with Crippen LogP contribution in [0.15, 0.2) is 35.3 Å². The zero-order valence-corrected chi connectivity index (χ0v) is 13.2. The van der Waals surface area contributed by atoms with Gasteiger partial charge in [0.15, 0.2) is 0 Å². The van der Waals surface area contributed by atoms with Crippen molar-refractivity contribution in [2.45, 2.75) is 31.5 Å². The third kappa shape index (κ3) is 4.61. The SMILES string of the molecule is O=C(NC1=NCCC(C[C@H]2COC(=O)N2)N1)OCc1ccccc1. The second-order valence-electron chi connectivity index (χ2n) is 5.72. The summed E-state index contributed by atoms with van der Waals surface area (Å²) in [5, 5.41) is 8.51. The number of nitrogens with zero attached hydrogens (tertiary/aromatic N) is 1. The molecule has 3 N–H and O–H groups in total. The van der Waals surface area contributed by atoms with Crippen LogP contribution < -0.4 is 16.0 Å². The van der Waals surface area contributed by atoms with E-state index in [0.29, 0.717) is 25.5 Å². The fourth-order valence-electron chi connectivity index (χ4n) is 2.65. The maximum absolute atomic E-state index is 11.8. The highest BCUT2D eigenvalue weighted by Gasteiger charge is 2.27. The van der Waals surface area contributed by atoms with Crippen LogP contribution in [0, 0.1) is 0 Å². The average molecular weight is 332 g/mol. The minimum absolute atomic E-state index is 0.0145. The lowest BCUT2D eigenvalue weighted by Gasteiger charge is -2.26. The maximum atomic E-state index is 11.8. The van der Waals surface area contributed by atoms with E-state index in [-0.39, 0.29) is 24.8 Å². The van der Waals surface area contributed by atoms with Crippen LogP contribution in [0.5, 0.6) is 0 Å². The molecule has 1 aromatic carbocycles. The van der Waals surface area contributed by atoms with Gasteiger partial charge in [-0.05, 0) is 18.4 Å². The Kier molecular flexibility index (Phi) is 5.15. The first-order chi connectivity index (χ1) is 11.7. The van der Waals surface area contributed by atoms with Gasteiger partial charge in [-0.3, -0.25) is 10.3 Å². The first-order valence-electron chi connectivity index (χ1n) is 7.91. The van der Waals surface area contributed by atoms with Crippen LogP contribution in [0.3, 0.4) is 0 Å². The van der Waals surface area contributed by atoms with E-state index in [1.165, 1.54) is 0 Å². The average Bonchev–Trinajstić information content (AvgIpc) is 2.99. The van der Waals surface area contributed by atoms with Gasteiger partial charge < -0.3 is 20.1 Å². The maximum Gasteiger partial charge on any atom is 0.414 e. The number of amides is 2. The second-order valence-corrected chi connectivity index (χ2v) is 5.72. The normalized spacial score (nSPS) is 22.7. The van der Waals surface area contributed by atoms with Gasteiger partial charge in [0.2, 0.25) is 5.96 Å². The van der Waals surface area contributed by atoms with E-state index in [0.717, 1.165) is 12.0 Å². The molecule has 1 saturated heterocycles. The summed E-state index contributed by atoms with van der Waals surface area (Å²) in [5.74, 6) is 0.398. The van der Waals surface area contributed by atoms with Gasteiger partial charge in [0, 0.05) is 12.6 Å². The van der Waals surface area contributed by atoms with E-state index < -0.39 is 6.09 Å². The summed E-state index contributed by atoms with van der Waals surface area (Å²) < 4.78 is 10.0. The molecule has 128 valence electrons. The molecule has 3 rings (SSSR count). The van der Waals surface area contributed by atoms with Crippen LogP contribution in [-0.4, -0.2) is 43.4 Å². The number of nitrogens with one attached hydrogen (secondary N) is 3. The number of carbonyl (C=O) groups is 2. The summed E-state index contributed by atoms with van der Waals surface area (Å²) in [4.78, 5) is 27.1. The molecule has 1 unspecified atom stereocenters. The van der Waals surface area contributed by atoms with Crippen LogP contribution in [0.4, 0.5) is 9.59 Å². The Balaban J connectivity index is 1.42. The Morgan fingerprint density at radius 3 is 2.88 bits per heavy atom. The molecule has 0 radical (unpaired) electrons. The highest BCUT2D eigenvalue weighted by Crippen LogP contribution is 2.10. The molecular formula is C16H20N4O4. The molecule has 2 amide bonds. The van der Waals surface area contributed by atoms with Crippen molar-refractivity contribution in [1.82, 2.24) is 16.0 Å². The van der Waals surface area contributed by atoms with E-state index in [4.69, 9.17) is 9.47 Å². The molecule has 0 aromatic heterocycles. The lowest BCUT2D eigenvalue weighted by atomic mass is 10.0. The predicted molar refractivity (Wildman–Crippen MR) is 86.5 cm³/mol. The highest BCUT2D eigenvalue weighted by molar-refractivity contribution is 5.94. The van der Waals surface area contributed by atoms with Crippen LogP contribution in [0.2, 0.25) is 0 Å². The zero-order chi connectivity index (χ0) is 16.8. The smallest absolute Gasteiger partial charge is 0.414 e. The van der Waals surface area contributed by atoms with E-state index >= 15 is 0 Å². The molecule has 0 saturated carbocycles. The van der Waals surface area contributed by atoms with Gasteiger partial charge in [0.1, 0.15) is 13.2 Å². The fraction of sp³-hybridized carbons (Fsp3) is 0.438. The van der Waals surface area contributed by atoms with Crippen LogP contribution in [0.1, 0.15) is 18.4 Å². The summed E-state index contributed by atoms with van der Waals surface area (Å²) in [7, 11) is 0. The van der Waals surface area contributed by atoms with Gasteiger partial charge in [-0.2, -0.15) is 0 Å². The largest absolute Gasteiger partial charge is 0.447 e. The van der Waals surface area contributed by atoms with Crippen molar-refractivity contribution in [1.29, 1.82) is 0 Å². The van der Waals surface area contributed by atoms with Crippen LogP contribution in [0.25, 0.3) is 0 Å². The molecule has 0 bridgehead atoms. The Bertz CT molecular complexity index is 620. The second kappa shape index (κ2) is 7.67. The molecule has 2 atom stereocenters. The monoisotopic (exact) mass is 332 g/mol. The predicted octanol–water partition coefficient (Wildman–Crippen LogP) is 1.13. The van der Waals surface area contributed by atoms with E-state index in [2.05, 4.69) is 20.9 Å². The lowest BCUT2D eigenvalue weighted by molar-refractivity contribution is 0.144. The summed E-state index contributed by atoms with van der Waals surface area (Å²) in [6.07, 6.45) is 0.609. The third-order valence-electron chi connectivity index (χ3n) is 3.83. The van der Waals surface area contributed by atoms with Gasteiger partial charge in [-0.15, -0.1) is 0 Å². The number of ether oxygens (including phenoxy) is 2. The molecule has 1 aromatic rings. The van der Waals surface area contributed by atoms with Crippen molar-refractivity contribution >= 4 is 18.1 Å². The molecule has 2 aliphatic heterocycles. The van der Waals surface area contributed by atoms with Gasteiger partial charge in [0.25, 0.3) is 0 Å². The first-order valence-corrected chi connectivity index (χ1v) is 7.91. The molecule has 24 heavy (non-hydrogen) atoms. The van der Waals surface area contributed by atoms with Gasteiger partial charge in [-0.25, -0.2) is 9.59 Å². The van der Waals surface area contributed by atoms with Crippen LogP contribution >= 0.6 is 0 Å². The number of benzene rings is 1. The van der Waals surface area contributed by atoms with Crippen molar-refractivity contribution in [2.75, 3.05) is 13.2 Å². The van der Waals surface area contributed by atoms with Crippen molar-refractivity contribution in [3.8, 4) is 0 Å². The van der Waals surface area contributed by atoms with E-state index in [9.17, 15) is 9.59 Å². The summed E-state index contributed by atoms with van der Waals surface area (Å²) in [5.41, 5.74) is 0.918. The number of cyclic esters (lactones) is 1. The summed E-state index contributed by atoms with van der Waals surface area (Å²) in [6, 6.07) is 9.55. The topological polar surface area (TPSA) is 101 Å². The van der Waals surface area contributed by atoms with E-state index in [1.54, 1.807) is 0 Å². The van der Waals surface area contributed by atoms with Crippen molar-refractivity contribution in [3.63, 3.8) is 0 Å². The van der Waals surface area contributed by atoms with Crippen molar-refractivity contribution in [3.05, 3.63) is 35.9 Å². The standard InChI is InChI=1S/C16H20N4O4/c21-15-19-13(10-24-15)8-12-6-7-17-14(18-12)20-16(22)23-9-11-4-2-1-3-5-11/h1-5,12-13H,6-10H2,(H,19,21)(H2,17,18,20,22)/t12?,13-/m0/s1. The Hall–Kier alpha value is -2.77. The number of hydrogen-bond donors (Lipinski definition) is 3. The van der Waals surface area contributed by atoms with Crippen molar-refractivity contribution < 1.29 is 19.1 Å². The number of rotatable bonds is 4. The number of aliphatic imine (C=N–C) groups is 1. The minimum Gasteiger partial charge on any atom is -0.447 e. The Morgan fingerprint density at radius 1 is 1.29 bits per heavy atom. The Morgan fingerprint density at radius 2 is 2.12 bits per heavy atom. The number of guanidine groups is 1. The highest BCUT2D eigenvalue weighted by atomic mass is 16.6. The molecule has 2 heterocycles. The molecule has 8 heteroatoms. The van der Waals surface area contributed by atoms with Gasteiger partial charge >= 0.3 is 12.2 Å². The fourth-order valence-corrected chi connectivity index (χ4v) is 2.65. The number of hydrogen-bond acceptors (Lipinski definition) is 6. The van der Waals surface area contributed by atoms with Crippen LogP contribution in [-0.2, 0) is 16.1 Å². The first kappa shape index (κ1) is 16.1. The molecule has 8 nitrogen and oxygen atoms in total. The van der Waals surface area contributed by atoms with Crippen molar-refractivity contribution in [2.24, 2.45) is 4.99 Å². The zero-order valence-electron chi connectivity index (χ0n) is 13.2. The molecule has 0 spiro atoms. The molecular weight excluding hydrogens is 312 g/mol. The van der Waals surface area contributed by atoms with E-state index in [1.807, 2.05) is 30.3 Å². The minimum atomic E-state index is -0.553. The third-order valence-corrected chi connectivity index (χ3v) is 3.83. The molecule has 0 aliphatic carbocycles.